The van der Waals surface area contributed by atoms with Gasteiger partial charge in [-0.1, -0.05) is 91.0 Å². The number of hydrogen-bond donors (Lipinski definition) is 0. The molecule has 0 saturated heterocycles. The molecule has 0 amide bonds. The quantitative estimate of drug-likeness (QED) is 0.287. The number of rotatable bonds is 4. The lowest BCUT2D eigenvalue weighted by atomic mass is 10.1. The zero-order chi connectivity index (χ0) is 20.2. The summed E-state index contributed by atoms with van der Waals surface area (Å²) in [5.74, 6) is 0. The maximum atomic E-state index is 4.74. The van der Waals surface area contributed by atoms with Crippen molar-refractivity contribution in [3.63, 3.8) is 0 Å². The summed E-state index contributed by atoms with van der Waals surface area (Å²) in [6.07, 6.45) is 3.83. The van der Waals surface area contributed by atoms with Gasteiger partial charge in [0.05, 0.1) is 11.4 Å². The molecule has 0 atom stereocenters. The average molecular weight is 384 g/mol. The van der Waals surface area contributed by atoms with E-state index >= 15 is 0 Å². The molecule has 30 heavy (non-hydrogen) atoms. The fraction of sp³-hybridized carbons (Fsp3) is 0. The van der Waals surface area contributed by atoms with Crippen LogP contribution in [0.3, 0.4) is 0 Å². The number of nitrogens with zero attached hydrogens (tertiary/aromatic N) is 2. The van der Waals surface area contributed by atoms with Crippen LogP contribution in [0.15, 0.2) is 119 Å². The first-order valence-corrected chi connectivity index (χ1v) is 10.0. The van der Waals surface area contributed by atoms with Gasteiger partial charge >= 0.3 is 0 Å². The molecule has 0 radical (unpaired) electrons. The van der Waals surface area contributed by atoms with Crippen LogP contribution in [0, 0.1) is 0 Å². The highest BCUT2D eigenvalue weighted by atomic mass is 14.7. The Hall–Kier alpha value is -4.04. The van der Waals surface area contributed by atoms with Crippen LogP contribution in [0.5, 0.6) is 0 Å². The van der Waals surface area contributed by atoms with E-state index in [1.807, 2.05) is 54.9 Å². The fourth-order valence-corrected chi connectivity index (χ4v) is 3.65. The SMILES string of the molecule is C(=N\c1cccc2ccccc12)/c1cccc(/C=N/c2cccc3ccccc23)c1. The zero-order valence-electron chi connectivity index (χ0n) is 16.4. The predicted molar refractivity (Wildman–Crippen MR) is 129 cm³/mol. The molecule has 0 heterocycles. The highest BCUT2D eigenvalue weighted by Crippen LogP contribution is 2.26. The molecule has 5 rings (SSSR count). The van der Waals surface area contributed by atoms with Gasteiger partial charge in [-0.3, -0.25) is 9.98 Å². The Balaban J connectivity index is 1.43. The molecule has 142 valence electrons. The van der Waals surface area contributed by atoms with Crippen molar-refractivity contribution < 1.29 is 0 Å². The maximum Gasteiger partial charge on any atom is 0.0708 e. The average Bonchev–Trinajstić information content (AvgIpc) is 2.81. The van der Waals surface area contributed by atoms with Crippen LogP contribution in [-0.2, 0) is 0 Å². The highest BCUT2D eigenvalue weighted by molar-refractivity contribution is 5.97. The van der Waals surface area contributed by atoms with Crippen LogP contribution < -0.4 is 0 Å². The van der Waals surface area contributed by atoms with Crippen molar-refractivity contribution in [1.29, 1.82) is 0 Å². The summed E-state index contributed by atoms with van der Waals surface area (Å²) in [5, 5.41) is 4.71. The molecule has 5 aromatic carbocycles. The van der Waals surface area contributed by atoms with Crippen LogP contribution in [-0.4, -0.2) is 12.4 Å². The van der Waals surface area contributed by atoms with Crippen LogP contribution in [0.4, 0.5) is 11.4 Å². The third kappa shape index (κ3) is 3.76. The third-order valence-electron chi connectivity index (χ3n) is 5.15. The molecule has 0 N–H and O–H groups in total. The van der Waals surface area contributed by atoms with E-state index in [1.165, 1.54) is 10.8 Å². The molecule has 2 heteroatoms. The summed E-state index contributed by atoms with van der Waals surface area (Å²) < 4.78 is 0. The second-order valence-electron chi connectivity index (χ2n) is 7.18. The normalized spacial score (nSPS) is 11.7. The smallest absolute Gasteiger partial charge is 0.0708 e. The first-order chi connectivity index (χ1) is 14.9. The Morgan fingerprint density at radius 3 is 1.40 bits per heavy atom. The molecule has 0 fully saturated rings. The van der Waals surface area contributed by atoms with E-state index in [-0.39, 0.29) is 0 Å². The molecule has 0 bridgehead atoms. The van der Waals surface area contributed by atoms with Gasteiger partial charge in [0.15, 0.2) is 0 Å². The minimum atomic E-state index is 0.975. The monoisotopic (exact) mass is 384 g/mol. The summed E-state index contributed by atoms with van der Waals surface area (Å²) in [4.78, 5) is 9.47. The van der Waals surface area contributed by atoms with Crippen LogP contribution in [0.25, 0.3) is 21.5 Å². The fourth-order valence-electron chi connectivity index (χ4n) is 3.65. The molecule has 5 aromatic rings. The topological polar surface area (TPSA) is 24.7 Å². The van der Waals surface area contributed by atoms with Crippen molar-refractivity contribution in [2.24, 2.45) is 9.98 Å². The summed E-state index contributed by atoms with van der Waals surface area (Å²) in [5.41, 5.74) is 4.04. The lowest BCUT2D eigenvalue weighted by Gasteiger charge is -2.02. The minimum absolute atomic E-state index is 0.975. The summed E-state index contributed by atoms with van der Waals surface area (Å²) in [7, 11) is 0. The number of fused-ring (bicyclic) bond motifs is 2. The van der Waals surface area contributed by atoms with E-state index in [0.717, 1.165) is 33.3 Å². The lowest BCUT2D eigenvalue weighted by Crippen LogP contribution is -1.86. The third-order valence-corrected chi connectivity index (χ3v) is 5.15. The molecule has 0 spiro atoms. The van der Waals surface area contributed by atoms with Crippen molar-refractivity contribution >= 4 is 45.3 Å². The Bertz CT molecular complexity index is 1280. The van der Waals surface area contributed by atoms with Crippen LogP contribution >= 0.6 is 0 Å². The summed E-state index contributed by atoms with van der Waals surface area (Å²) >= 11 is 0. The largest absolute Gasteiger partial charge is 0.256 e. The molecular formula is C28H20N2. The molecule has 0 aliphatic rings. The molecule has 2 nitrogen and oxygen atoms in total. The van der Waals surface area contributed by atoms with E-state index in [1.54, 1.807) is 0 Å². The molecular weight excluding hydrogens is 364 g/mol. The van der Waals surface area contributed by atoms with Crippen molar-refractivity contribution in [1.82, 2.24) is 0 Å². The Labute approximate surface area is 175 Å². The summed E-state index contributed by atoms with van der Waals surface area (Å²) in [6.45, 7) is 0. The standard InChI is InChI=1S/C28H20N2/c1-3-14-25-23(10-1)12-6-16-27(25)29-19-21-8-5-9-22(18-21)20-30-28-17-7-13-24-11-2-4-15-26(24)28/h1-20H/b29-19+,30-20+. The van der Waals surface area contributed by atoms with Crippen molar-refractivity contribution in [2.75, 3.05) is 0 Å². The molecule has 0 unspecified atom stereocenters. The first kappa shape index (κ1) is 18.0. The van der Waals surface area contributed by atoms with Crippen molar-refractivity contribution in [2.45, 2.75) is 0 Å². The predicted octanol–water partition coefficient (Wildman–Crippen LogP) is 7.49. The van der Waals surface area contributed by atoms with Crippen molar-refractivity contribution in [3.05, 3.63) is 120 Å². The zero-order valence-corrected chi connectivity index (χ0v) is 16.4. The van der Waals surface area contributed by atoms with E-state index in [4.69, 9.17) is 9.98 Å². The Morgan fingerprint density at radius 2 is 0.867 bits per heavy atom. The van der Waals surface area contributed by atoms with Gasteiger partial charge in [-0.05, 0) is 40.1 Å². The van der Waals surface area contributed by atoms with Gasteiger partial charge in [-0.2, -0.15) is 0 Å². The Morgan fingerprint density at radius 1 is 0.433 bits per heavy atom. The molecule has 0 aliphatic heterocycles. The van der Waals surface area contributed by atoms with E-state index < -0.39 is 0 Å². The van der Waals surface area contributed by atoms with E-state index in [9.17, 15) is 0 Å². The second kappa shape index (κ2) is 8.14. The highest BCUT2D eigenvalue weighted by Gasteiger charge is 1.99. The molecule has 0 aliphatic carbocycles. The molecule has 0 aromatic heterocycles. The molecule has 0 saturated carbocycles. The van der Waals surface area contributed by atoms with Gasteiger partial charge in [0, 0.05) is 23.2 Å². The van der Waals surface area contributed by atoms with Crippen LogP contribution in [0.1, 0.15) is 11.1 Å². The van der Waals surface area contributed by atoms with Gasteiger partial charge in [0.25, 0.3) is 0 Å². The van der Waals surface area contributed by atoms with Gasteiger partial charge in [-0.25, -0.2) is 0 Å². The van der Waals surface area contributed by atoms with Crippen LogP contribution in [0.2, 0.25) is 0 Å². The lowest BCUT2D eigenvalue weighted by molar-refractivity contribution is 1.54. The Kier molecular flexibility index (Phi) is 4.89. The van der Waals surface area contributed by atoms with Gasteiger partial charge in [0.1, 0.15) is 0 Å². The van der Waals surface area contributed by atoms with Gasteiger partial charge < -0.3 is 0 Å². The van der Waals surface area contributed by atoms with E-state index in [2.05, 4.69) is 66.7 Å². The second-order valence-corrected chi connectivity index (χ2v) is 7.18. The number of aliphatic imine (C=N–C) groups is 2. The van der Waals surface area contributed by atoms with E-state index in [0.29, 0.717) is 0 Å². The van der Waals surface area contributed by atoms with Gasteiger partial charge in [0.2, 0.25) is 0 Å². The van der Waals surface area contributed by atoms with Crippen molar-refractivity contribution in [3.8, 4) is 0 Å². The number of hydrogen-bond acceptors (Lipinski definition) is 2. The minimum Gasteiger partial charge on any atom is -0.256 e. The first-order valence-electron chi connectivity index (χ1n) is 10.0. The van der Waals surface area contributed by atoms with Gasteiger partial charge in [-0.15, -0.1) is 0 Å². The maximum absolute atomic E-state index is 4.74. The summed E-state index contributed by atoms with van der Waals surface area (Å²) in [6, 6.07) is 37.3. The number of benzene rings is 5.